The number of carboxylic acids is 1. The van der Waals surface area contributed by atoms with Gasteiger partial charge in [-0.15, -0.1) is 0 Å². The van der Waals surface area contributed by atoms with E-state index in [2.05, 4.69) is 4.98 Å². The number of aryl methyl sites for hydroxylation is 1. The summed E-state index contributed by atoms with van der Waals surface area (Å²) in [5.41, 5.74) is 1.24. The summed E-state index contributed by atoms with van der Waals surface area (Å²) in [6.45, 7) is 2.79. The van der Waals surface area contributed by atoms with Gasteiger partial charge in [0.1, 0.15) is 5.15 Å². The summed E-state index contributed by atoms with van der Waals surface area (Å²) in [7, 11) is 0. The number of hydrogen-bond donors (Lipinski definition) is 1. The molecule has 1 saturated heterocycles. The highest BCUT2D eigenvalue weighted by Crippen LogP contribution is 2.20. The molecule has 0 aliphatic carbocycles. The first-order chi connectivity index (χ1) is 9.51. The number of nitrogens with zero attached hydrogens (tertiary/aromatic N) is 2. The molecule has 1 aliphatic rings. The van der Waals surface area contributed by atoms with Gasteiger partial charge in [-0.2, -0.15) is 0 Å². The number of aromatic nitrogens is 1. The van der Waals surface area contributed by atoms with Gasteiger partial charge in [-0.25, -0.2) is 4.98 Å². The van der Waals surface area contributed by atoms with E-state index in [0.717, 1.165) is 5.69 Å². The summed E-state index contributed by atoms with van der Waals surface area (Å²) in [4.78, 5) is 29.2. The van der Waals surface area contributed by atoms with Crippen LogP contribution in [0.5, 0.6) is 0 Å². The third-order valence-corrected chi connectivity index (χ3v) is 3.71. The van der Waals surface area contributed by atoms with Gasteiger partial charge in [-0.3, -0.25) is 9.59 Å². The van der Waals surface area contributed by atoms with E-state index in [0.29, 0.717) is 36.5 Å². The molecule has 0 unspecified atom stereocenters. The SMILES string of the molecule is CCc1cc(C(=O)N2CCC[C@@H](C(=O)O)C2)cc(Cl)n1. The summed E-state index contributed by atoms with van der Waals surface area (Å²) in [5, 5.41) is 9.36. The molecule has 108 valence electrons. The molecule has 0 saturated carbocycles. The fourth-order valence-electron chi connectivity index (χ4n) is 2.40. The number of piperidine rings is 1. The maximum atomic E-state index is 12.4. The molecular formula is C14H17ClN2O3. The van der Waals surface area contributed by atoms with E-state index in [9.17, 15) is 9.59 Å². The van der Waals surface area contributed by atoms with Crippen LogP contribution in [0.3, 0.4) is 0 Å². The second-order valence-corrected chi connectivity index (χ2v) is 5.34. The Morgan fingerprint density at radius 1 is 1.50 bits per heavy atom. The van der Waals surface area contributed by atoms with Crippen LogP contribution in [-0.2, 0) is 11.2 Å². The molecule has 0 bridgehead atoms. The van der Waals surface area contributed by atoms with E-state index in [1.54, 1.807) is 11.0 Å². The first-order valence-electron chi connectivity index (χ1n) is 6.69. The van der Waals surface area contributed by atoms with Gasteiger partial charge in [0.05, 0.1) is 5.92 Å². The summed E-state index contributed by atoms with van der Waals surface area (Å²) < 4.78 is 0. The van der Waals surface area contributed by atoms with Crippen LogP contribution in [0.4, 0.5) is 0 Å². The van der Waals surface area contributed by atoms with Crippen LogP contribution in [0, 0.1) is 5.92 Å². The molecule has 1 fully saturated rings. The van der Waals surface area contributed by atoms with Crippen LogP contribution < -0.4 is 0 Å². The number of carbonyl (C=O) groups is 2. The van der Waals surface area contributed by atoms with E-state index >= 15 is 0 Å². The third-order valence-electron chi connectivity index (χ3n) is 3.51. The van der Waals surface area contributed by atoms with Gasteiger partial charge < -0.3 is 10.0 Å². The molecule has 0 radical (unpaired) electrons. The molecule has 0 aromatic carbocycles. The van der Waals surface area contributed by atoms with Crippen molar-refractivity contribution in [2.24, 2.45) is 5.92 Å². The smallest absolute Gasteiger partial charge is 0.308 e. The number of amides is 1. The van der Waals surface area contributed by atoms with Gasteiger partial charge in [0.2, 0.25) is 0 Å². The van der Waals surface area contributed by atoms with E-state index in [1.807, 2.05) is 6.92 Å². The highest BCUT2D eigenvalue weighted by atomic mass is 35.5. The standard InChI is InChI=1S/C14H17ClN2O3/c1-2-11-6-10(7-12(15)16-11)13(18)17-5-3-4-9(8-17)14(19)20/h6-7,9H,2-5,8H2,1H3,(H,19,20)/t9-/m1/s1. The van der Waals surface area contributed by atoms with Crippen LogP contribution in [0.2, 0.25) is 5.15 Å². The molecule has 1 atom stereocenters. The Kier molecular flexibility index (Phi) is 4.60. The number of carbonyl (C=O) groups excluding carboxylic acids is 1. The maximum absolute atomic E-state index is 12.4. The molecule has 2 heterocycles. The Morgan fingerprint density at radius 3 is 2.90 bits per heavy atom. The number of pyridine rings is 1. The minimum atomic E-state index is -0.843. The van der Waals surface area contributed by atoms with Crippen LogP contribution in [0.15, 0.2) is 12.1 Å². The lowest BCUT2D eigenvalue weighted by atomic mass is 9.97. The second-order valence-electron chi connectivity index (χ2n) is 4.95. The number of halogens is 1. The average Bonchev–Trinajstić information content (AvgIpc) is 2.45. The monoisotopic (exact) mass is 296 g/mol. The van der Waals surface area contributed by atoms with Crippen molar-refractivity contribution < 1.29 is 14.7 Å². The molecule has 0 spiro atoms. The van der Waals surface area contributed by atoms with E-state index < -0.39 is 11.9 Å². The zero-order chi connectivity index (χ0) is 14.7. The lowest BCUT2D eigenvalue weighted by molar-refractivity contribution is -0.143. The topological polar surface area (TPSA) is 70.5 Å². The number of carboxylic acid groups (broad SMARTS) is 1. The lowest BCUT2D eigenvalue weighted by Gasteiger charge is -2.30. The van der Waals surface area contributed by atoms with Gasteiger partial charge in [0.25, 0.3) is 5.91 Å². The van der Waals surface area contributed by atoms with Crippen molar-refractivity contribution in [1.82, 2.24) is 9.88 Å². The molecule has 1 aromatic rings. The third kappa shape index (κ3) is 3.28. The predicted molar refractivity (Wildman–Crippen MR) is 74.9 cm³/mol. The molecule has 1 aliphatic heterocycles. The van der Waals surface area contributed by atoms with Gasteiger partial charge >= 0.3 is 5.97 Å². The predicted octanol–water partition coefficient (Wildman–Crippen LogP) is 2.23. The first-order valence-corrected chi connectivity index (χ1v) is 7.07. The summed E-state index contributed by atoms with van der Waals surface area (Å²) in [6, 6.07) is 3.26. The highest BCUT2D eigenvalue weighted by molar-refractivity contribution is 6.29. The fourth-order valence-corrected chi connectivity index (χ4v) is 2.63. The quantitative estimate of drug-likeness (QED) is 0.868. The van der Waals surface area contributed by atoms with Gasteiger partial charge in [-0.1, -0.05) is 18.5 Å². The Morgan fingerprint density at radius 2 is 2.25 bits per heavy atom. The first kappa shape index (κ1) is 14.8. The van der Waals surface area contributed by atoms with Crippen LogP contribution in [0.1, 0.15) is 35.8 Å². The van der Waals surface area contributed by atoms with E-state index in [-0.39, 0.29) is 12.5 Å². The van der Waals surface area contributed by atoms with Crippen molar-refractivity contribution in [3.05, 3.63) is 28.5 Å². The zero-order valence-corrected chi connectivity index (χ0v) is 12.1. The Bertz CT molecular complexity index is 533. The van der Waals surface area contributed by atoms with Crippen LogP contribution in [-0.4, -0.2) is 40.0 Å². The van der Waals surface area contributed by atoms with Crippen molar-refractivity contribution in [1.29, 1.82) is 0 Å². The molecular weight excluding hydrogens is 280 g/mol. The molecule has 5 nitrogen and oxygen atoms in total. The average molecular weight is 297 g/mol. The van der Waals surface area contributed by atoms with Crippen molar-refractivity contribution in [3.8, 4) is 0 Å². The summed E-state index contributed by atoms with van der Waals surface area (Å²) in [5.74, 6) is -1.49. The van der Waals surface area contributed by atoms with Crippen molar-refractivity contribution in [2.45, 2.75) is 26.2 Å². The molecule has 2 rings (SSSR count). The normalized spacial score (nSPS) is 18.9. The second kappa shape index (κ2) is 6.22. The van der Waals surface area contributed by atoms with E-state index in [1.165, 1.54) is 6.07 Å². The Hall–Kier alpha value is -1.62. The van der Waals surface area contributed by atoms with Crippen molar-refractivity contribution >= 4 is 23.5 Å². The van der Waals surface area contributed by atoms with Gasteiger partial charge in [0, 0.05) is 24.3 Å². The lowest BCUT2D eigenvalue weighted by Crippen LogP contribution is -2.42. The van der Waals surface area contributed by atoms with E-state index in [4.69, 9.17) is 16.7 Å². The molecule has 20 heavy (non-hydrogen) atoms. The summed E-state index contributed by atoms with van der Waals surface area (Å²) >= 11 is 5.91. The highest BCUT2D eigenvalue weighted by Gasteiger charge is 2.28. The largest absolute Gasteiger partial charge is 0.481 e. The molecule has 1 amide bonds. The molecule has 1 N–H and O–H groups in total. The van der Waals surface area contributed by atoms with Gasteiger partial charge in [-0.05, 0) is 31.4 Å². The minimum Gasteiger partial charge on any atom is -0.481 e. The Labute approximate surface area is 122 Å². The number of aliphatic carboxylic acids is 1. The summed E-state index contributed by atoms with van der Waals surface area (Å²) in [6.07, 6.45) is 2.02. The molecule has 6 heteroatoms. The maximum Gasteiger partial charge on any atom is 0.308 e. The van der Waals surface area contributed by atoms with Crippen LogP contribution in [0.25, 0.3) is 0 Å². The van der Waals surface area contributed by atoms with Crippen molar-refractivity contribution in [3.63, 3.8) is 0 Å². The number of likely N-dealkylation sites (tertiary alicyclic amines) is 1. The number of rotatable bonds is 3. The number of hydrogen-bond acceptors (Lipinski definition) is 3. The Balaban J connectivity index is 2.18. The minimum absolute atomic E-state index is 0.171. The molecule has 1 aromatic heterocycles. The fraction of sp³-hybridized carbons (Fsp3) is 0.500. The van der Waals surface area contributed by atoms with Crippen molar-refractivity contribution in [2.75, 3.05) is 13.1 Å². The van der Waals surface area contributed by atoms with Gasteiger partial charge in [0.15, 0.2) is 0 Å². The zero-order valence-electron chi connectivity index (χ0n) is 11.3. The van der Waals surface area contributed by atoms with Crippen LogP contribution >= 0.6 is 11.6 Å².